The van der Waals surface area contributed by atoms with Crippen LogP contribution in [0.3, 0.4) is 0 Å². The predicted molar refractivity (Wildman–Crippen MR) is 62.8 cm³/mol. The number of aliphatic hydroxyl groups is 1. The summed E-state index contributed by atoms with van der Waals surface area (Å²) >= 11 is 0. The van der Waals surface area contributed by atoms with Crippen LogP contribution in [-0.4, -0.2) is 27.8 Å². The quantitative estimate of drug-likeness (QED) is 0.848. The van der Waals surface area contributed by atoms with Crippen molar-refractivity contribution in [1.29, 1.82) is 0 Å². The van der Waals surface area contributed by atoms with Crippen molar-refractivity contribution in [3.8, 4) is 5.69 Å². The molecule has 1 heterocycles. The Balaban J connectivity index is 2.49. The van der Waals surface area contributed by atoms with E-state index < -0.39 is 5.82 Å². The Bertz CT molecular complexity index is 580. The van der Waals surface area contributed by atoms with Gasteiger partial charge in [0, 0.05) is 18.8 Å². The summed E-state index contributed by atoms with van der Waals surface area (Å²) in [5, 5.41) is 15.6. The van der Waals surface area contributed by atoms with Crippen LogP contribution in [0, 0.1) is 5.82 Å². The van der Waals surface area contributed by atoms with Gasteiger partial charge in [-0.05, 0) is 12.1 Å². The summed E-state index contributed by atoms with van der Waals surface area (Å²) in [4.78, 5) is 11.4. The second-order valence-corrected chi connectivity index (χ2v) is 3.63. The van der Waals surface area contributed by atoms with Gasteiger partial charge in [0.15, 0.2) is 5.69 Å². The molecule has 0 saturated carbocycles. The van der Waals surface area contributed by atoms with Crippen LogP contribution in [0.25, 0.3) is 5.69 Å². The molecule has 2 N–H and O–H groups in total. The maximum atomic E-state index is 13.7. The number of aliphatic hydroxyl groups excluding tert-OH is 1. The molecular weight excluding hydrogens is 237 g/mol. The fourth-order valence-corrected chi connectivity index (χ4v) is 1.64. The molecular formula is C12H12FN3O2. The SMILES string of the molecule is CNC(=O)c1ccn(-c2c(F)cccc2CO)n1. The normalized spacial score (nSPS) is 10.4. The van der Waals surface area contributed by atoms with E-state index in [9.17, 15) is 14.3 Å². The smallest absolute Gasteiger partial charge is 0.271 e. The molecule has 0 bridgehead atoms. The zero-order valence-electron chi connectivity index (χ0n) is 9.72. The van der Waals surface area contributed by atoms with Crippen molar-refractivity contribution >= 4 is 5.91 Å². The minimum Gasteiger partial charge on any atom is -0.392 e. The number of para-hydroxylation sites is 1. The van der Waals surface area contributed by atoms with Gasteiger partial charge >= 0.3 is 0 Å². The van der Waals surface area contributed by atoms with E-state index in [0.29, 0.717) is 5.56 Å². The molecule has 0 saturated heterocycles. The van der Waals surface area contributed by atoms with Crippen LogP contribution in [0.5, 0.6) is 0 Å². The van der Waals surface area contributed by atoms with E-state index in [1.54, 1.807) is 6.07 Å². The van der Waals surface area contributed by atoms with E-state index in [1.807, 2.05) is 0 Å². The number of hydrogen-bond donors (Lipinski definition) is 2. The zero-order chi connectivity index (χ0) is 13.1. The summed E-state index contributed by atoms with van der Waals surface area (Å²) < 4.78 is 15.0. The average molecular weight is 249 g/mol. The number of benzene rings is 1. The van der Waals surface area contributed by atoms with Gasteiger partial charge in [0.05, 0.1) is 6.61 Å². The second kappa shape index (κ2) is 4.97. The van der Waals surface area contributed by atoms with Gasteiger partial charge in [-0.25, -0.2) is 9.07 Å². The summed E-state index contributed by atoms with van der Waals surface area (Å²) in [5.41, 5.74) is 0.737. The van der Waals surface area contributed by atoms with Gasteiger partial charge in [-0.2, -0.15) is 5.10 Å². The van der Waals surface area contributed by atoms with E-state index in [2.05, 4.69) is 10.4 Å². The van der Waals surface area contributed by atoms with Gasteiger partial charge in [0.1, 0.15) is 11.5 Å². The van der Waals surface area contributed by atoms with Gasteiger partial charge in [-0.3, -0.25) is 4.79 Å². The highest BCUT2D eigenvalue weighted by atomic mass is 19.1. The minimum atomic E-state index is -0.506. The maximum absolute atomic E-state index is 13.7. The number of rotatable bonds is 3. The lowest BCUT2D eigenvalue weighted by Gasteiger charge is -2.08. The first kappa shape index (κ1) is 12.3. The Morgan fingerprint density at radius 2 is 2.28 bits per heavy atom. The van der Waals surface area contributed by atoms with Crippen LogP contribution in [0.2, 0.25) is 0 Å². The van der Waals surface area contributed by atoms with Crippen molar-refractivity contribution in [3.05, 3.63) is 47.5 Å². The number of carbonyl (C=O) groups is 1. The third-order valence-corrected chi connectivity index (χ3v) is 2.52. The van der Waals surface area contributed by atoms with Crippen LogP contribution in [-0.2, 0) is 6.61 Å². The first-order chi connectivity index (χ1) is 8.67. The van der Waals surface area contributed by atoms with E-state index in [1.165, 1.54) is 36.1 Å². The minimum absolute atomic E-state index is 0.148. The highest BCUT2D eigenvalue weighted by molar-refractivity contribution is 5.91. The number of hydrogen-bond acceptors (Lipinski definition) is 3. The molecule has 2 rings (SSSR count). The number of nitrogens with zero attached hydrogens (tertiary/aromatic N) is 2. The molecule has 1 aromatic heterocycles. The van der Waals surface area contributed by atoms with E-state index >= 15 is 0 Å². The largest absolute Gasteiger partial charge is 0.392 e. The third kappa shape index (κ3) is 2.10. The Hall–Kier alpha value is -2.21. The predicted octanol–water partition coefficient (Wildman–Crippen LogP) is 0.863. The molecule has 2 aromatic rings. The molecule has 0 atom stereocenters. The Morgan fingerprint density at radius 1 is 1.50 bits per heavy atom. The van der Waals surface area contributed by atoms with Gasteiger partial charge in [-0.1, -0.05) is 12.1 Å². The lowest BCUT2D eigenvalue weighted by Crippen LogP contribution is -2.18. The zero-order valence-corrected chi connectivity index (χ0v) is 9.72. The van der Waals surface area contributed by atoms with Gasteiger partial charge in [-0.15, -0.1) is 0 Å². The van der Waals surface area contributed by atoms with Crippen LogP contribution < -0.4 is 5.32 Å². The molecule has 0 fully saturated rings. The highest BCUT2D eigenvalue weighted by Gasteiger charge is 2.13. The number of amides is 1. The first-order valence-electron chi connectivity index (χ1n) is 5.33. The van der Waals surface area contributed by atoms with Crippen LogP contribution in [0.1, 0.15) is 16.1 Å². The van der Waals surface area contributed by atoms with Crippen molar-refractivity contribution < 1.29 is 14.3 Å². The van der Waals surface area contributed by atoms with E-state index in [4.69, 9.17) is 0 Å². The summed E-state index contributed by atoms with van der Waals surface area (Å²) in [6.07, 6.45) is 1.47. The van der Waals surface area contributed by atoms with Gasteiger partial charge < -0.3 is 10.4 Å². The summed E-state index contributed by atoms with van der Waals surface area (Å²) in [6.45, 7) is -0.303. The van der Waals surface area contributed by atoms with Crippen molar-refractivity contribution in [3.63, 3.8) is 0 Å². The third-order valence-electron chi connectivity index (χ3n) is 2.52. The molecule has 0 aliphatic heterocycles. The molecule has 0 aliphatic carbocycles. The summed E-state index contributed by atoms with van der Waals surface area (Å²) in [6, 6.07) is 5.86. The molecule has 0 aliphatic rings. The maximum Gasteiger partial charge on any atom is 0.271 e. The van der Waals surface area contributed by atoms with Crippen LogP contribution in [0.15, 0.2) is 30.5 Å². The molecule has 0 spiro atoms. The molecule has 5 nitrogen and oxygen atoms in total. The topological polar surface area (TPSA) is 67.2 Å². The summed E-state index contributed by atoms with van der Waals surface area (Å²) in [7, 11) is 1.49. The van der Waals surface area contributed by atoms with E-state index in [0.717, 1.165) is 0 Å². The Kier molecular flexibility index (Phi) is 3.38. The Morgan fingerprint density at radius 3 is 2.94 bits per heavy atom. The average Bonchev–Trinajstić information content (AvgIpc) is 2.86. The van der Waals surface area contributed by atoms with Crippen molar-refractivity contribution in [2.45, 2.75) is 6.61 Å². The fourth-order valence-electron chi connectivity index (χ4n) is 1.64. The van der Waals surface area contributed by atoms with E-state index in [-0.39, 0.29) is 23.9 Å². The molecule has 0 unspecified atom stereocenters. The molecule has 1 amide bonds. The molecule has 6 heteroatoms. The van der Waals surface area contributed by atoms with Crippen molar-refractivity contribution in [2.75, 3.05) is 7.05 Å². The van der Waals surface area contributed by atoms with Crippen molar-refractivity contribution in [2.24, 2.45) is 0 Å². The number of carbonyl (C=O) groups excluding carboxylic acids is 1. The summed E-state index contributed by atoms with van der Waals surface area (Å²) in [5.74, 6) is -0.858. The lowest BCUT2D eigenvalue weighted by atomic mass is 10.2. The first-order valence-corrected chi connectivity index (χ1v) is 5.33. The standard InChI is InChI=1S/C12H12FN3O2/c1-14-12(18)10-5-6-16(15-10)11-8(7-17)3-2-4-9(11)13/h2-6,17H,7H2,1H3,(H,14,18). The fraction of sp³-hybridized carbons (Fsp3) is 0.167. The monoisotopic (exact) mass is 249 g/mol. The molecule has 1 aromatic carbocycles. The van der Waals surface area contributed by atoms with Gasteiger partial charge in [0.2, 0.25) is 0 Å². The number of nitrogens with one attached hydrogen (secondary N) is 1. The Labute approximate surface area is 103 Å². The molecule has 18 heavy (non-hydrogen) atoms. The number of halogens is 1. The van der Waals surface area contributed by atoms with Gasteiger partial charge in [0.25, 0.3) is 5.91 Å². The lowest BCUT2D eigenvalue weighted by molar-refractivity contribution is 0.0957. The van der Waals surface area contributed by atoms with Crippen LogP contribution in [0.4, 0.5) is 4.39 Å². The highest BCUT2D eigenvalue weighted by Crippen LogP contribution is 2.18. The number of aromatic nitrogens is 2. The molecule has 94 valence electrons. The second-order valence-electron chi connectivity index (χ2n) is 3.63. The molecule has 0 radical (unpaired) electrons. The van der Waals surface area contributed by atoms with Crippen LogP contribution >= 0.6 is 0 Å². The van der Waals surface area contributed by atoms with Crippen molar-refractivity contribution in [1.82, 2.24) is 15.1 Å².